The van der Waals surface area contributed by atoms with Crippen molar-refractivity contribution in [2.45, 2.75) is 76.4 Å². The molecule has 1 N–H and O–H groups in total. The molecule has 1 aromatic rings. The van der Waals surface area contributed by atoms with Gasteiger partial charge in [0.25, 0.3) is 10.1 Å². The van der Waals surface area contributed by atoms with Crippen molar-refractivity contribution >= 4 is 18.4 Å². The molecule has 0 heterocycles. The minimum atomic E-state index is -4.25. The predicted octanol–water partition coefficient (Wildman–Crippen LogP) is 5.85. The Hall–Kier alpha value is -1.11. The summed E-state index contributed by atoms with van der Waals surface area (Å²) in [6.07, 6.45) is 5.82. The van der Waals surface area contributed by atoms with Gasteiger partial charge in [0.05, 0.1) is 4.90 Å². The van der Waals surface area contributed by atoms with Gasteiger partial charge in [-0.25, -0.2) is 0 Å². The molecule has 0 fully saturated rings. The first-order chi connectivity index (χ1) is 11.8. The van der Waals surface area contributed by atoms with E-state index in [0.29, 0.717) is 11.7 Å². The van der Waals surface area contributed by atoms with Crippen molar-refractivity contribution < 1.29 is 17.4 Å². The van der Waals surface area contributed by atoms with Gasteiger partial charge in [-0.2, -0.15) is 8.42 Å². The standard InChI is InChI=1S/C20H34O4SSi/c1-8-9-10-16(2)11-12-17-13-14-18(25(21,22)23)15-19(17)24-26(6,7)20(3,4)5/h8,13-16H,1,9-12H2,2-7H3,(H,21,22,23). The second-order valence-electron chi connectivity index (χ2n) is 8.62. The molecule has 1 aromatic carbocycles. The van der Waals surface area contributed by atoms with Gasteiger partial charge in [-0.1, -0.05) is 39.8 Å². The van der Waals surface area contributed by atoms with Crippen molar-refractivity contribution in [2.75, 3.05) is 0 Å². The van der Waals surface area contributed by atoms with Crippen LogP contribution >= 0.6 is 0 Å². The molecule has 6 heteroatoms. The lowest BCUT2D eigenvalue weighted by Crippen LogP contribution is -2.44. The summed E-state index contributed by atoms with van der Waals surface area (Å²) in [5, 5.41) is -0.00435. The minimum absolute atomic E-state index is 0.00435. The zero-order valence-electron chi connectivity index (χ0n) is 17.0. The van der Waals surface area contributed by atoms with Gasteiger partial charge in [0.2, 0.25) is 8.32 Å². The van der Waals surface area contributed by atoms with Crippen LogP contribution in [0.3, 0.4) is 0 Å². The van der Waals surface area contributed by atoms with E-state index in [9.17, 15) is 13.0 Å². The fourth-order valence-electron chi connectivity index (χ4n) is 2.37. The quantitative estimate of drug-likeness (QED) is 0.322. The minimum Gasteiger partial charge on any atom is -0.543 e. The Bertz CT molecular complexity index is 718. The van der Waals surface area contributed by atoms with Crippen LogP contribution in [0, 0.1) is 5.92 Å². The molecule has 1 unspecified atom stereocenters. The first-order valence-electron chi connectivity index (χ1n) is 9.18. The molecular weight excluding hydrogens is 364 g/mol. The van der Waals surface area contributed by atoms with Crippen molar-refractivity contribution in [2.24, 2.45) is 5.92 Å². The highest BCUT2D eigenvalue weighted by molar-refractivity contribution is 7.85. The fourth-order valence-corrected chi connectivity index (χ4v) is 3.92. The molecule has 148 valence electrons. The summed E-state index contributed by atoms with van der Waals surface area (Å²) in [4.78, 5) is -0.116. The lowest BCUT2D eigenvalue weighted by molar-refractivity contribution is 0.466. The van der Waals surface area contributed by atoms with Gasteiger partial charge < -0.3 is 4.43 Å². The van der Waals surface area contributed by atoms with E-state index in [0.717, 1.165) is 31.2 Å². The van der Waals surface area contributed by atoms with Crippen LogP contribution in [-0.4, -0.2) is 21.3 Å². The molecule has 0 saturated heterocycles. The van der Waals surface area contributed by atoms with Crippen molar-refractivity contribution in [3.63, 3.8) is 0 Å². The maximum absolute atomic E-state index is 11.5. The molecule has 0 aromatic heterocycles. The third kappa shape index (κ3) is 6.56. The Kier molecular flexibility index (Phi) is 7.69. The van der Waals surface area contributed by atoms with Crippen LogP contribution in [0.1, 0.15) is 52.5 Å². The Morgan fingerprint density at radius 3 is 2.38 bits per heavy atom. The van der Waals surface area contributed by atoms with E-state index in [4.69, 9.17) is 4.43 Å². The molecule has 0 aliphatic heterocycles. The molecule has 1 rings (SSSR count). The lowest BCUT2D eigenvalue weighted by Gasteiger charge is -2.37. The molecule has 0 aliphatic rings. The molecule has 0 aliphatic carbocycles. The third-order valence-electron chi connectivity index (χ3n) is 5.28. The Morgan fingerprint density at radius 2 is 1.88 bits per heavy atom. The second kappa shape index (κ2) is 8.72. The summed E-state index contributed by atoms with van der Waals surface area (Å²) in [5.41, 5.74) is 0.993. The van der Waals surface area contributed by atoms with Gasteiger partial charge in [-0.3, -0.25) is 4.55 Å². The number of hydrogen-bond acceptors (Lipinski definition) is 3. The van der Waals surface area contributed by atoms with Crippen molar-refractivity contribution in [3.8, 4) is 5.75 Å². The van der Waals surface area contributed by atoms with Gasteiger partial charge in [0.1, 0.15) is 5.75 Å². The zero-order valence-corrected chi connectivity index (χ0v) is 18.8. The predicted molar refractivity (Wildman–Crippen MR) is 111 cm³/mol. The van der Waals surface area contributed by atoms with Crippen molar-refractivity contribution in [1.82, 2.24) is 0 Å². The van der Waals surface area contributed by atoms with Crippen LogP contribution in [0.25, 0.3) is 0 Å². The second-order valence-corrected chi connectivity index (χ2v) is 14.8. The first kappa shape index (κ1) is 22.9. The molecule has 4 nitrogen and oxygen atoms in total. The third-order valence-corrected chi connectivity index (χ3v) is 10.5. The maximum Gasteiger partial charge on any atom is 0.294 e. The van der Waals surface area contributed by atoms with Gasteiger partial charge in [-0.05, 0) is 61.4 Å². The number of allylic oxidation sites excluding steroid dienone is 1. The van der Waals surface area contributed by atoms with Crippen molar-refractivity contribution in [3.05, 3.63) is 36.4 Å². The average molecular weight is 399 g/mol. The highest BCUT2D eigenvalue weighted by Gasteiger charge is 2.39. The average Bonchev–Trinajstić information content (AvgIpc) is 2.49. The smallest absolute Gasteiger partial charge is 0.294 e. The Balaban J connectivity index is 3.15. The summed E-state index contributed by atoms with van der Waals surface area (Å²) in [7, 11) is -6.38. The normalized spacial score (nSPS) is 14.1. The monoisotopic (exact) mass is 398 g/mol. The molecule has 0 bridgehead atoms. The summed E-state index contributed by atoms with van der Waals surface area (Å²) in [5.74, 6) is 1.14. The van der Waals surface area contributed by atoms with Gasteiger partial charge in [0.15, 0.2) is 0 Å². The van der Waals surface area contributed by atoms with E-state index < -0.39 is 18.4 Å². The van der Waals surface area contributed by atoms with E-state index in [1.807, 2.05) is 6.08 Å². The van der Waals surface area contributed by atoms with Gasteiger partial charge in [0, 0.05) is 6.07 Å². The first-order valence-corrected chi connectivity index (χ1v) is 13.5. The summed E-state index contributed by atoms with van der Waals surface area (Å²) in [6, 6.07) is 4.70. The zero-order chi connectivity index (χ0) is 20.2. The number of benzene rings is 1. The van der Waals surface area contributed by atoms with Crippen LogP contribution < -0.4 is 4.43 Å². The topological polar surface area (TPSA) is 63.6 Å². The molecule has 0 amide bonds. The van der Waals surface area contributed by atoms with Crippen LogP contribution in [0.2, 0.25) is 18.1 Å². The van der Waals surface area contributed by atoms with E-state index in [2.05, 4.69) is 47.4 Å². The van der Waals surface area contributed by atoms with E-state index >= 15 is 0 Å². The Labute approximate surface area is 160 Å². The number of aryl methyl sites for hydroxylation is 1. The van der Waals surface area contributed by atoms with Crippen LogP contribution in [0.4, 0.5) is 0 Å². The van der Waals surface area contributed by atoms with Crippen LogP contribution in [0.15, 0.2) is 35.7 Å². The van der Waals surface area contributed by atoms with Crippen LogP contribution in [-0.2, 0) is 16.5 Å². The highest BCUT2D eigenvalue weighted by atomic mass is 32.2. The molecule has 1 atom stereocenters. The molecular formula is C20H34O4SSi. The van der Waals surface area contributed by atoms with E-state index in [1.165, 1.54) is 12.1 Å². The summed E-state index contributed by atoms with van der Waals surface area (Å²) < 4.78 is 38.9. The SMILES string of the molecule is C=CCCC(C)CCc1ccc(S(=O)(=O)O)cc1O[Si](C)(C)C(C)(C)C. The summed E-state index contributed by atoms with van der Waals surface area (Å²) >= 11 is 0. The van der Waals surface area contributed by atoms with E-state index in [-0.39, 0.29) is 9.93 Å². The summed E-state index contributed by atoms with van der Waals surface area (Å²) in [6.45, 7) is 16.7. The number of hydrogen-bond donors (Lipinski definition) is 1. The highest BCUT2D eigenvalue weighted by Crippen LogP contribution is 2.39. The number of rotatable bonds is 9. The van der Waals surface area contributed by atoms with Gasteiger partial charge in [-0.15, -0.1) is 6.58 Å². The van der Waals surface area contributed by atoms with Crippen LogP contribution in [0.5, 0.6) is 5.75 Å². The Morgan fingerprint density at radius 1 is 1.27 bits per heavy atom. The van der Waals surface area contributed by atoms with E-state index in [1.54, 1.807) is 6.07 Å². The molecule has 0 spiro atoms. The largest absolute Gasteiger partial charge is 0.543 e. The lowest BCUT2D eigenvalue weighted by atomic mass is 9.96. The molecule has 0 saturated carbocycles. The maximum atomic E-state index is 11.5. The molecule has 26 heavy (non-hydrogen) atoms. The molecule has 0 radical (unpaired) electrons. The fraction of sp³-hybridized carbons (Fsp3) is 0.600. The van der Waals surface area contributed by atoms with Crippen molar-refractivity contribution in [1.29, 1.82) is 0 Å². The van der Waals surface area contributed by atoms with Gasteiger partial charge >= 0.3 is 0 Å².